The molecule has 1 heterocycles. The molecular formula is C15H13N3O3. The molecule has 2 aromatic rings. The van der Waals surface area contributed by atoms with Crippen molar-refractivity contribution in [2.45, 2.75) is 6.92 Å². The number of carboxylic acids is 1. The van der Waals surface area contributed by atoms with Gasteiger partial charge in [-0.3, -0.25) is 0 Å². The van der Waals surface area contributed by atoms with Gasteiger partial charge >= 0.3 is 5.97 Å². The standard InChI is InChI=1S/C15H13N3O3/c1-3-7-21-18-13(15(19)20)10(2)17-14(18)12-6-4-5-11(8-12)9-16/h3-6,8H,1,7H2,2H3,(H,19,20). The van der Waals surface area contributed by atoms with Crippen LogP contribution in [-0.2, 0) is 0 Å². The lowest BCUT2D eigenvalue weighted by molar-refractivity contribution is 0.0623. The summed E-state index contributed by atoms with van der Waals surface area (Å²) in [5.74, 6) is -0.796. The summed E-state index contributed by atoms with van der Waals surface area (Å²) in [4.78, 5) is 21.0. The van der Waals surface area contributed by atoms with E-state index in [1.54, 1.807) is 31.2 Å². The first-order valence-corrected chi connectivity index (χ1v) is 6.15. The van der Waals surface area contributed by atoms with Gasteiger partial charge in [0, 0.05) is 5.56 Å². The second-order valence-corrected chi connectivity index (χ2v) is 4.25. The number of aromatic nitrogens is 2. The first-order valence-electron chi connectivity index (χ1n) is 6.15. The van der Waals surface area contributed by atoms with Crippen LogP contribution in [0.4, 0.5) is 0 Å². The van der Waals surface area contributed by atoms with Crippen molar-refractivity contribution in [2.75, 3.05) is 6.61 Å². The van der Waals surface area contributed by atoms with Crippen LogP contribution < -0.4 is 4.84 Å². The summed E-state index contributed by atoms with van der Waals surface area (Å²) in [5, 5.41) is 18.2. The number of carbonyl (C=O) groups is 1. The van der Waals surface area contributed by atoms with Crippen LogP contribution in [0.25, 0.3) is 11.4 Å². The van der Waals surface area contributed by atoms with Crippen molar-refractivity contribution >= 4 is 5.97 Å². The van der Waals surface area contributed by atoms with Gasteiger partial charge in [0.05, 0.1) is 17.3 Å². The molecule has 0 unspecified atom stereocenters. The fourth-order valence-corrected chi connectivity index (χ4v) is 1.91. The van der Waals surface area contributed by atoms with Gasteiger partial charge in [-0.1, -0.05) is 24.8 Å². The molecule has 6 heteroatoms. The molecule has 0 aliphatic carbocycles. The van der Waals surface area contributed by atoms with Gasteiger partial charge in [0.2, 0.25) is 0 Å². The predicted molar refractivity (Wildman–Crippen MR) is 75.7 cm³/mol. The number of carboxylic acid groups (broad SMARTS) is 1. The number of imidazole rings is 1. The van der Waals surface area contributed by atoms with Gasteiger partial charge in [0.1, 0.15) is 6.61 Å². The number of aromatic carboxylic acids is 1. The fourth-order valence-electron chi connectivity index (χ4n) is 1.91. The minimum absolute atomic E-state index is 0.0470. The van der Waals surface area contributed by atoms with Gasteiger partial charge in [0.25, 0.3) is 0 Å². The molecule has 0 fully saturated rings. The molecule has 2 rings (SSSR count). The van der Waals surface area contributed by atoms with Crippen molar-refractivity contribution in [1.29, 1.82) is 5.26 Å². The average molecular weight is 283 g/mol. The van der Waals surface area contributed by atoms with Crippen LogP contribution in [0, 0.1) is 18.3 Å². The van der Waals surface area contributed by atoms with E-state index in [0.717, 1.165) is 4.73 Å². The smallest absolute Gasteiger partial charge is 0.357 e. The van der Waals surface area contributed by atoms with E-state index < -0.39 is 5.97 Å². The Bertz CT molecular complexity index is 741. The Hall–Kier alpha value is -3.07. The third kappa shape index (κ3) is 2.77. The van der Waals surface area contributed by atoms with Crippen LogP contribution in [0.15, 0.2) is 36.9 Å². The fraction of sp³-hybridized carbons (Fsp3) is 0.133. The highest BCUT2D eigenvalue weighted by molar-refractivity contribution is 5.88. The summed E-state index contributed by atoms with van der Waals surface area (Å²) < 4.78 is 1.16. The number of aryl methyl sites for hydroxylation is 1. The van der Waals surface area contributed by atoms with Crippen LogP contribution in [0.5, 0.6) is 0 Å². The molecule has 106 valence electrons. The molecular weight excluding hydrogens is 270 g/mol. The lowest BCUT2D eigenvalue weighted by atomic mass is 10.1. The molecule has 1 aromatic heterocycles. The van der Waals surface area contributed by atoms with Crippen molar-refractivity contribution < 1.29 is 14.7 Å². The Balaban J connectivity index is 2.62. The van der Waals surface area contributed by atoms with Crippen LogP contribution in [0.2, 0.25) is 0 Å². The van der Waals surface area contributed by atoms with Crippen molar-refractivity contribution in [2.24, 2.45) is 0 Å². The second-order valence-electron chi connectivity index (χ2n) is 4.25. The topological polar surface area (TPSA) is 88.1 Å². The van der Waals surface area contributed by atoms with Gasteiger partial charge in [-0.05, 0) is 19.1 Å². The zero-order chi connectivity index (χ0) is 15.4. The number of nitrogens with zero attached hydrogens (tertiary/aromatic N) is 3. The summed E-state index contributed by atoms with van der Waals surface area (Å²) in [5.41, 5.74) is 1.35. The molecule has 1 aromatic carbocycles. The molecule has 0 saturated carbocycles. The Morgan fingerprint density at radius 1 is 1.62 bits per heavy atom. The zero-order valence-electron chi connectivity index (χ0n) is 11.4. The molecule has 0 bridgehead atoms. The normalized spacial score (nSPS) is 9.90. The van der Waals surface area contributed by atoms with E-state index in [0.29, 0.717) is 22.6 Å². The number of nitriles is 1. The monoisotopic (exact) mass is 283 g/mol. The Morgan fingerprint density at radius 2 is 2.38 bits per heavy atom. The molecule has 0 saturated heterocycles. The third-order valence-electron chi connectivity index (χ3n) is 2.79. The molecule has 0 aliphatic heterocycles. The number of rotatable bonds is 5. The molecule has 0 atom stereocenters. The average Bonchev–Trinajstić information content (AvgIpc) is 2.81. The Kier molecular flexibility index (Phi) is 4.05. The first kappa shape index (κ1) is 14.3. The van der Waals surface area contributed by atoms with Crippen LogP contribution in [0.1, 0.15) is 21.7 Å². The van der Waals surface area contributed by atoms with Gasteiger partial charge in [0.15, 0.2) is 11.5 Å². The zero-order valence-corrected chi connectivity index (χ0v) is 11.4. The van der Waals surface area contributed by atoms with Gasteiger partial charge < -0.3 is 9.94 Å². The van der Waals surface area contributed by atoms with E-state index in [-0.39, 0.29) is 12.3 Å². The maximum Gasteiger partial charge on any atom is 0.357 e. The minimum atomic E-state index is -1.13. The van der Waals surface area contributed by atoms with E-state index in [1.807, 2.05) is 6.07 Å². The Labute approximate surface area is 121 Å². The summed E-state index contributed by atoms with van der Waals surface area (Å²) in [6.07, 6.45) is 1.51. The lowest BCUT2D eigenvalue weighted by Gasteiger charge is -2.10. The van der Waals surface area contributed by atoms with E-state index in [4.69, 9.17) is 10.1 Å². The Morgan fingerprint density at radius 3 is 3.00 bits per heavy atom. The third-order valence-corrected chi connectivity index (χ3v) is 2.79. The lowest BCUT2D eigenvalue weighted by Crippen LogP contribution is -2.19. The van der Waals surface area contributed by atoms with Gasteiger partial charge in [-0.15, -0.1) is 0 Å². The highest BCUT2D eigenvalue weighted by atomic mass is 16.7. The van der Waals surface area contributed by atoms with Crippen molar-refractivity contribution in [1.82, 2.24) is 9.71 Å². The number of hydrogen-bond donors (Lipinski definition) is 1. The highest BCUT2D eigenvalue weighted by Gasteiger charge is 2.22. The van der Waals surface area contributed by atoms with E-state index in [2.05, 4.69) is 11.6 Å². The minimum Gasteiger partial charge on any atom is -0.476 e. The van der Waals surface area contributed by atoms with E-state index >= 15 is 0 Å². The highest BCUT2D eigenvalue weighted by Crippen LogP contribution is 2.22. The van der Waals surface area contributed by atoms with Crippen LogP contribution in [0.3, 0.4) is 0 Å². The number of hydrogen-bond acceptors (Lipinski definition) is 4. The SMILES string of the molecule is C=CCOn1c(-c2cccc(C#N)c2)nc(C)c1C(=O)O. The molecule has 6 nitrogen and oxygen atoms in total. The van der Waals surface area contributed by atoms with Crippen molar-refractivity contribution in [3.05, 3.63) is 53.9 Å². The van der Waals surface area contributed by atoms with Gasteiger partial charge in [-0.2, -0.15) is 9.99 Å². The van der Waals surface area contributed by atoms with E-state index in [9.17, 15) is 9.90 Å². The molecule has 0 aliphatic rings. The van der Waals surface area contributed by atoms with Gasteiger partial charge in [-0.25, -0.2) is 9.78 Å². The maximum atomic E-state index is 11.4. The predicted octanol–water partition coefficient (Wildman–Crippen LogP) is 2.04. The van der Waals surface area contributed by atoms with E-state index in [1.165, 1.54) is 6.08 Å². The van der Waals surface area contributed by atoms with Crippen molar-refractivity contribution in [3.8, 4) is 17.5 Å². The molecule has 0 spiro atoms. The summed E-state index contributed by atoms with van der Waals surface area (Å²) in [7, 11) is 0. The molecule has 1 N–H and O–H groups in total. The summed E-state index contributed by atoms with van der Waals surface area (Å²) >= 11 is 0. The quantitative estimate of drug-likeness (QED) is 0.848. The summed E-state index contributed by atoms with van der Waals surface area (Å²) in [6, 6.07) is 8.76. The first-order chi connectivity index (χ1) is 10.1. The van der Waals surface area contributed by atoms with Crippen LogP contribution >= 0.6 is 0 Å². The second kappa shape index (κ2) is 5.92. The maximum absolute atomic E-state index is 11.4. The molecule has 0 amide bonds. The molecule has 0 radical (unpaired) electrons. The number of benzene rings is 1. The van der Waals surface area contributed by atoms with Crippen molar-refractivity contribution in [3.63, 3.8) is 0 Å². The summed E-state index contributed by atoms with van der Waals surface area (Å²) in [6.45, 7) is 5.27. The molecule has 21 heavy (non-hydrogen) atoms. The largest absolute Gasteiger partial charge is 0.476 e. The van der Waals surface area contributed by atoms with Crippen LogP contribution in [-0.4, -0.2) is 27.4 Å².